The lowest BCUT2D eigenvalue weighted by molar-refractivity contribution is -0.129. The van der Waals surface area contributed by atoms with Crippen molar-refractivity contribution >= 4 is 11.8 Å². The van der Waals surface area contributed by atoms with E-state index in [-0.39, 0.29) is 24.5 Å². The van der Waals surface area contributed by atoms with Crippen LogP contribution in [0.5, 0.6) is 5.75 Å². The SMILES string of the molecule is CC1=CC=C[C@@H](NC(=O)[C@H](C)NC(=O)COc2cccc(C)c2)C1. The Labute approximate surface area is 142 Å². The maximum Gasteiger partial charge on any atom is 0.258 e. The topological polar surface area (TPSA) is 67.4 Å². The Hall–Kier alpha value is -2.56. The van der Waals surface area contributed by atoms with Crippen molar-refractivity contribution in [2.24, 2.45) is 0 Å². The van der Waals surface area contributed by atoms with Gasteiger partial charge in [0.25, 0.3) is 5.91 Å². The van der Waals surface area contributed by atoms with Crippen molar-refractivity contribution in [3.8, 4) is 5.75 Å². The van der Waals surface area contributed by atoms with Crippen LogP contribution in [0.4, 0.5) is 0 Å². The molecule has 0 aromatic heterocycles. The molecule has 2 atom stereocenters. The molecule has 0 spiro atoms. The van der Waals surface area contributed by atoms with Crippen LogP contribution in [0, 0.1) is 6.92 Å². The summed E-state index contributed by atoms with van der Waals surface area (Å²) >= 11 is 0. The molecule has 0 saturated carbocycles. The highest BCUT2D eigenvalue weighted by Gasteiger charge is 2.19. The van der Waals surface area contributed by atoms with E-state index in [1.54, 1.807) is 13.0 Å². The molecule has 0 aliphatic heterocycles. The number of amides is 2. The van der Waals surface area contributed by atoms with Gasteiger partial charge in [-0.25, -0.2) is 0 Å². The molecule has 2 rings (SSSR count). The molecule has 1 aliphatic carbocycles. The minimum absolute atomic E-state index is 0.0228. The smallest absolute Gasteiger partial charge is 0.258 e. The van der Waals surface area contributed by atoms with Crippen LogP contribution in [0.15, 0.2) is 48.1 Å². The number of rotatable bonds is 6. The molecule has 0 bridgehead atoms. The summed E-state index contributed by atoms with van der Waals surface area (Å²) in [7, 11) is 0. The standard InChI is InChI=1S/C19H24N2O3/c1-13-6-4-8-16(10-13)21-19(23)15(3)20-18(22)12-24-17-9-5-7-14(2)11-17/h4-9,11,15-16H,10,12H2,1-3H3,(H,20,22)(H,21,23)/t15-,16+/m0/s1. The summed E-state index contributed by atoms with van der Waals surface area (Å²) in [6, 6.07) is 6.84. The van der Waals surface area contributed by atoms with E-state index in [9.17, 15) is 9.59 Å². The van der Waals surface area contributed by atoms with Gasteiger partial charge in [0, 0.05) is 0 Å². The van der Waals surface area contributed by atoms with Gasteiger partial charge in [0.1, 0.15) is 11.8 Å². The molecule has 0 fully saturated rings. The summed E-state index contributed by atoms with van der Waals surface area (Å²) < 4.78 is 5.43. The van der Waals surface area contributed by atoms with Crippen molar-refractivity contribution < 1.29 is 14.3 Å². The van der Waals surface area contributed by atoms with Gasteiger partial charge in [-0.15, -0.1) is 0 Å². The van der Waals surface area contributed by atoms with Gasteiger partial charge in [-0.05, 0) is 44.9 Å². The van der Waals surface area contributed by atoms with Gasteiger partial charge in [0.15, 0.2) is 6.61 Å². The number of hydrogen-bond donors (Lipinski definition) is 2. The van der Waals surface area contributed by atoms with Crippen molar-refractivity contribution in [3.05, 3.63) is 53.6 Å². The van der Waals surface area contributed by atoms with E-state index in [0.29, 0.717) is 5.75 Å². The second kappa shape index (κ2) is 8.34. The third-order valence-electron chi connectivity index (χ3n) is 3.72. The van der Waals surface area contributed by atoms with Crippen molar-refractivity contribution in [1.29, 1.82) is 0 Å². The minimum Gasteiger partial charge on any atom is -0.484 e. The summed E-state index contributed by atoms with van der Waals surface area (Å²) in [5.74, 6) is 0.106. The van der Waals surface area contributed by atoms with Gasteiger partial charge in [0.2, 0.25) is 5.91 Å². The molecule has 1 aromatic carbocycles. The fourth-order valence-electron chi connectivity index (χ4n) is 2.45. The molecule has 2 amide bonds. The van der Waals surface area contributed by atoms with Crippen LogP contribution in [0.1, 0.15) is 25.8 Å². The number of carbonyl (C=O) groups is 2. The predicted molar refractivity (Wildman–Crippen MR) is 93.7 cm³/mol. The Bertz CT molecular complexity index is 664. The maximum atomic E-state index is 12.2. The molecule has 0 saturated heterocycles. The molecule has 5 heteroatoms. The second-order valence-corrected chi connectivity index (χ2v) is 6.11. The highest BCUT2D eigenvalue weighted by molar-refractivity contribution is 5.88. The number of hydrogen-bond acceptors (Lipinski definition) is 3. The first-order valence-electron chi connectivity index (χ1n) is 8.07. The van der Waals surface area contributed by atoms with E-state index >= 15 is 0 Å². The predicted octanol–water partition coefficient (Wildman–Crippen LogP) is 2.27. The molecule has 128 valence electrons. The first-order valence-corrected chi connectivity index (χ1v) is 8.07. The monoisotopic (exact) mass is 328 g/mol. The Kier molecular flexibility index (Phi) is 6.18. The molecule has 0 heterocycles. The van der Waals surface area contributed by atoms with Crippen molar-refractivity contribution in [2.75, 3.05) is 6.61 Å². The van der Waals surface area contributed by atoms with Crippen LogP contribution < -0.4 is 15.4 Å². The quantitative estimate of drug-likeness (QED) is 0.842. The maximum absolute atomic E-state index is 12.2. The average Bonchev–Trinajstić information content (AvgIpc) is 2.53. The number of carbonyl (C=O) groups excluding carboxylic acids is 2. The van der Waals surface area contributed by atoms with E-state index in [4.69, 9.17) is 4.74 Å². The first-order chi connectivity index (χ1) is 11.4. The van der Waals surface area contributed by atoms with Gasteiger partial charge in [0.05, 0.1) is 6.04 Å². The summed E-state index contributed by atoms with van der Waals surface area (Å²) in [4.78, 5) is 24.1. The van der Waals surface area contributed by atoms with E-state index in [1.807, 2.05) is 50.3 Å². The van der Waals surface area contributed by atoms with E-state index in [0.717, 1.165) is 12.0 Å². The highest BCUT2D eigenvalue weighted by Crippen LogP contribution is 2.12. The van der Waals surface area contributed by atoms with Crippen molar-refractivity contribution in [3.63, 3.8) is 0 Å². The Morgan fingerprint density at radius 3 is 2.83 bits per heavy atom. The van der Waals surface area contributed by atoms with Crippen LogP contribution in [-0.2, 0) is 9.59 Å². The number of benzene rings is 1. The number of aryl methyl sites for hydroxylation is 1. The third-order valence-corrected chi connectivity index (χ3v) is 3.72. The molecule has 1 aliphatic rings. The van der Waals surface area contributed by atoms with Crippen molar-refractivity contribution in [1.82, 2.24) is 10.6 Å². The van der Waals surface area contributed by atoms with Gasteiger partial charge in [-0.2, -0.15) is 0 Å². The van der Waals surface area contributed by atoms with Crippen LogP contribution in [-0.4, -0.2) is 30.5 Å². The first kappa shape index (κ1) is 17.8. The molecule has 1 aromatic rings. The van der Waals surface area contributed by atoms with Crippen LogP contribution in [0.3, 0.4) is 0 Å². The lowest BCUT2D eigenvalue weighted by atomic mass is 10.0. The molecular formula is C19H24N2O3. The zero-order valence-corrected chi connectivity index (χ0v) is 14.3. The molecule has 0 radical (unpaired) electrons. The van der Waals surface area contributed by atoms with Crippen LogP contribution in [0.25, 0.3) is 0 Å². The van der Waals surface area contributed by atoms with Gasteiger partial charge < -0.3 is 15.4 Å². The molecule has 0 unspecified atom stereocenters. The van der Waals surface area contributed by atoms with Crippen molar-refractivity contribution in [2.45, 2.75) is 39.3 Å². The van der Waals surface area contributed by atoms with Gasteiger partial charge in [-0.1, -0.05) is 35.9 Å². The van der Waals surface area contributed by atoms with Crippen LogP contribution in [0.2, 0.25) is 0 Å². The van der Waals surface area contributed by atoms with E-state index in [2.05, 4.69) is 10.6 Å². The lowest BCUT2D eigenvalue weighted by Gasteiger charge is -2.21. The van der Waals surface area contributed by atoms with E-state index < -0.39 is 6.04 Å². The Morgan fingerprint density at radius 1 is 1.33 bits per heavy atom. The number of ether oxygens (including phenoxy) is 1. The fourth-order valence-corrected chi connectivity index (χ4v) is 2.45. The van der Waals surface area contributed by atoms with Gasteiger partial charge in [-0.3, -0.25) is 9.59 Å². The lowest BCUT2D eigenvalue weighted by Crippen LogP contribution is -2.48. The zero-order valence-electron chi connectivity index (χ0n) is 14.3. The summed E-state index contributed by atoms with van der Waals surface area (Å²) in [5, 5.41) is 5.56. The second-order valence-electron chi connectivity index (χ2n) is 6.11. The highest BCUT2D eigenvalue weighted by atomic mass is 16.5. The summed E-state index contributed by atoms with van der Waals surface area (Å²) in [6.07, 6.45) is 6.69. The summed E-state index contributed by atoms with van der Waals surface area (Å²) in [6.45, 7) is 5.52. The normalized spacial score (nSPS) is 17.6. The third kappa shape index (κ3) is 5.57. The zero-order chi connectivity index (χ0) is 17.5. The fraction of sp³-hybridized carbons (Fsp3) is 0.368. The number of allylic oxidation sites excluding steroid dienone is 2. The Morgan fingerprint density at radius 2 is 2.12 bits per heavy atom. The van der Waals surface area contributed by atoms with Gasteiger partial charge >= 0.3 is 0 Å². The van der Waals surface area contributed by atoms with E-state index in [1.165, 1.54) is 5.57 Å². The minimum atomic E-state index is -0.613. The Balaban J connectivity index is 1.75. The molecule has 24 heavy (non-hydrogen) atoms. The summed E-state index contributed by atoms with van der Waals surface area (Å²) in [5.41, 5.74) is 2.27. The largest absolute Gasteiger partial charge is 0.484 e. The molecule has 5 nitrogen and oxygen atoms in total. The molecule has 2 N–H and O–H groups in total. The molecular weight excluding hydrogens is 304 g/mol. The number of nitrogens with one attached hydrogen (secondary N) is 2. The average molecular weight is 328 g/mol. The van der Waals surface area contributed by atoms with Crippen LogP contribution >= 0.6 is 0 Å².